The lowest BCUT2D eigenvalue weighted by Gasteiger charge is -2.14. The molecule has 2 aromatic rings. The first-order chi connectivity index (χ1) is 11.5. The maximum atomic E-state index is 11.4. The molecule has 4 nitrogen and oxygen atoms in total. The molecule has 0 fully saturated rings. The van der Waals surface area contributed by atoms with Crippen LogP contribution in [0, 0.1) is 6.92 Å². The summed E-state index contributed by atoms with van der Waals surface area (Å²) in [5, 5.41) is 9.33. The van der Waals surface area contributed by atoms with Crippen LogP contribution in [-0.2, 0) is 4.79 Å². The second-order valence-electron chi connectivity index (χ2n) is 6.64. The number of aliphatic carboxylic acids is 1. The number of carbonyl (C=O) groups is 1. The highest BCUT2D eigenvalue weighted by Gasteiger charge is 2.30. The molecule has 0 saturated carbocycles. The summed E-state index contributed by atoms with van der Waals surface area (Å²) in [5.41, 5.74) is 5.58. The minimum atomic E-state index is -0.778. The number of benzene rings is 2. The second kappa shape index (κ2) is 6.65. The third-order valence-electron chi connectivity index (χ3n) is 4.46. The second-order valence-corrected chi connectivity index (χ2v) is 6.64. The van der Waals surface area contributed by atoms with Gasteiger partial charge in [-0.25, -0.2) is 0 Å². The van der Waals surface area contributed by atoms with Gasteiger partial charge in [0, 0.05) is 12.5 Å². The van der Waals surface area contributed by atoms with Crippen LogP contribution >= 0.6 is 0 Å². The van der Waals surface area contributed by atoms with E-state index in [0.717, 1.165) is 40.1 Å². The zero-order chi connectivity index (χ0) is 17.3. The molecule has 0 heterocycles. The number of carboxylic acids is 1. The van der Waals surface area contributed by atoms with Crippen molar-refractivity contribution in [1.82, 2.24) is 4.90 Å². The number of hydrogen-bond donors (Lipinski definition) is 1. The van der Waals surface area contributed by atoms with Crippen LogP contribution in [0.25, 0.3) is 11.1 Å². The first-order valence-corrected chi connectivity index (χ1v) is 8.20. The Morgan fingerprint density at radius 3 is 2.46 bits per heavy atom. The normalized spacial score (nSPS) is 15.2. The average molecular weight is 325 g/mol. The number of rotatable bonds is 6. The molecule has 0 aliphatic heterocycles. The van der Waals surface area contributed by atoms with Crippen LogP contribution in [-0.4, -0.2) is 43.2 Å². The Bertz CT molecular complexity index is 767. The number of aryl methyl sites for hydroxylation is 1. The van der Waals surface area contributed by atoms with Crippen molar-refractivity contribution < 1.29 is 14.6 Å². The fourth-order valence-corrected chi connectivity index (χ4v) is 3.29. The molecule has 1 aliphatic rings. The number of nitrogens with zero attached hydrogens (tertiary/aromatic N) is 1. The largest absolute Gasteiger partial charge is 0.492 e. The maximum Gasteiger partial charge on any atom is 0.304 e. The van der Waals surface area contributed by atoms with Gasteiger partial charge in [0.2, 0.25) is 0 Å². The summed E-state index contributed by atoms with van der Waals surface area (Å²) in [4.78, 5) is 13.4. The monoisotopic (exact) mass is 325 g/mol. The number of fused-ring (bicyclic) bond motifs is 3. The molecule has 2 aromatic carbocycles. The molecule has 1 atom stereocenters. The molecule has 0 saturated heterocycles. The van der Waals surface area contributed by atoms with Gasteiger partial charge in [-0.2, -0.15) is 0 Å². The zero-order valence-corrected chi connectivity index (χ0v) is 14.4. The lowest BCUT2D eigenvalue weighted by atomic mass is 9.93. The van der Waals surface area contributed by atoms with Crippen molar-refractivity contribution in [3.05, 3.63) is 53.1 Å². The molecule has 3 rings (SSSR count). The van der Waals surface area contributed by atoms with E-state index in [-0.39, 0.29) is 12.3 Å². The lowest BCUT2D eigenvalue weighted by molar-refractivity contribution is -0.137. The van der Waals surface area contributed by atoms with Gasteiger partial charge < -0.3 is 14.7 Å². The molecule has 1 N–H and O–H groups in total. The topological polar surface area (TPSA) is 49.8 Å². The average Bonchev–Trinajstić information content (AvgIpc) is 2.80. The summed E-state index contributed by atoms with van der Waals surface area (Å²) < 4.78 is 5.83. The highest BCUT2D eigenvalue weighted by atomic mass is 16.5. The van der Waals surface area contributed by atoms with Gasteiger partial charge in [0.05, 0.1) is 6.42 Å². The summed E-state index contributed by atoms with van der Waals surface area (Å²) in [7, 11) is 4.02. The molecule has 0 bridgehead atoms. The van der Waals surface area contributed by atoms with E-state index in [2.05, 4.69) is 29.2 Å². The van der Waals surface area contributed by atoms with Crippen LogP contribution < -0.4 is 4.74 Å². The van der Waals surface area contributed by atoms with Crippen molar-refractivity contribution in [1.29, 1.82) is 0 Å². The highest BCUT2D eigenvalue weighted by Crippen LogP contribution is 2.47. The van der Waals surface area contributed by atoms with E-state index < -0.39 is 5.97 Å². The molecule has 0 spiro atoms. The van der Waals surface area contributed by atoms with E-state index in [4.69, 9.17) is 4.74 Å². The van der Waals surface area contributed by atoms with Gasteiger partial charge in [0.1, 0.15) is 12.4 Å². The van der Waals surface area contributed by atoms with E-state index in [0.29, 0.717) is 6.61 Å². The smallest absolute Gasteiger partial charge is 0.304 e. The zero-order valence-electron chi connectivity index (χ0n) is 14.4. The van der Waals surface area contributed by atoms with Crippen LogP contribution in [0.5, 0.6) is 5.75 Å². The van der Waals surface area contributed by atoms with Crippen molar-refractivity contribution in [2.45, 2.75) is 19.3 Å². The van der Waals surface area contributed by atoms with Gasteiger partial charge in [0.15, 0.2) is 0 Å². The van der Waals surface area contributed by atoms with E-state index in [1.165, 1.54) is 0 Å². The fourth-order valence-electron chi connectivity index (χ4n) is 3.29. The Morgan fingerprint density at radius 2 is 1.79 bits per heavy atom. The van der Waals surface area contributed by atoms with Crippen molar-refractivity contribution >= 4 is 5.97 Å². The Balaban J connectivity index is 1.94. The summed E-state index contributed by atoms with van der Waals surface area (Å²) in [6, 6.07) is 12.3. The Hall–Kier alpha value is -2.33. The lowest BCUT2D eigenvalue weighted by Crippen LogP contribution is -2.19. The van der Waals surface area contributed by atoms with Crippen molar-refractivity contribution in [3.63, 3.8) is 0 Å². The number of ether oxygens (including phenoxy) is 1. The minimum absolute atomic E-state index is 0.102. The molecule has 126 valence electrons. The molecule has 0 aromatic heterocycles. The predicted octanol–water partition coefficient (Wildman–Crippen LogP) is 3.52. The quantitative estimate of drug-likeness (QED) is 0.883. The maximum absolute atomic E-state index is 11.4. The Kier molecular flexibility index (Phi) is 4.58. The summed E-state index contributed by atoms with van der Waals surface area (Å²) in [6.07, 6.45) is 0.102. The minimum Gasteiger partial charge on any atom is -0.492 e. The van der Waals surface area contributed by atoms with Crippen LogP contribution in [0.15, 0.2) is 36.4 Å². The summed E-state index contributed by atoms with van der Waals surface area (Å²) in [6.45, 7) is 3.49. The fraction of sp³-hybridized carbons (Fsp3) is 0.350. The van der Waals surface area contributed by atoms with Crippen molar-refractivity contribution in [2.75, 3.05) is 27.2 Å². The number of likely N-dealkylation sites (N-methyl/N-ethyl adjacent to an activating group) is 1. The van der Waals surface area contributed by atoms with E-state index in [1.807, 2.05) is 33.2 Å². The number of carboxylic acid groups (broad SMARTS) is 1. The van der Waals surface area contributed by atoms with Gasteiger partial charge >= 0.3 is 5.97 Å². The molecule has 0 radical (unpaired) electrons. The molecule has 1 unspecified atom stereocenters. The SMILES string of the molecule is Cc1ccc2c(c1)C(CC(=O)O)c1cc(OCCN(C)C)ccc1-2. The molecular weight excluding hydrogens is 302 g/mol. The first kappa shape index (κ1) is 16.5. The van der Waals surface area contributed by atoms with Gasteiger partial charge in [-0.05, 0) is 55.4 Å². The Morgan fingerprint density at radius 1 is 1.12 bits per heavy atom. The molecule has 24 heavy (non-hydrogen) atoms. The van der Waals surface area contributed by atoms with Crippen LogP contribution in [0.4, 0.5) is 0 Å². The van der Waals surface area contributed by atoms with Crippen LogP contribution in [0.1, 0.15) is 29.0 Å². The van der Waals surface area contributed by atoms with Crippen LogP contribution in [0.3, 0.4) is 0 Å². The van der Waals surface area contributed by atoms with E-state index in [9.17, 15) is 9.90 Å². The highest BCUT2D eigenvalue weighted by molar-refractivity contribution is 5.82. The van der Waals surface area contributed by atoms with Crippen molar-refractivity contribution in [3.8, 4) is 16.9 Å². The first-order valence-electron chi connectivity index (χ1n) is 8.20. The summed E-state index contributed by atoms with van der Waals surface area (Å²) >= 11 is 0. The van der Waals surface area contributed by atoms with E-state index >= 15 is 0 Å². The number of hydrogen-bond acceptors (Lipinski definition) is 3. The molecule has 1 aliphatic carbocycles. The molecular formula is C20H23NO3. The third-order valence-corrected chi connectivity index (χ3v) is 4.46. The van der Waals surface area contributed by atoms with Crippen LogP contribution in [0.2, 0.25) is 0 Å². The Labute approximate surface area is 142 Å². The molecule has 0 amide bonds. The standard InChI is InChI=1S/C20H23NO3/c1-13-4-6-15-16-7-5-14(24-9-8-21(2)3)11-18(16)19(12-20(22)23)17(15)10-13/h4-7,10-11,19H,8-9,12H2,1-3H3,(H,22,23). The summed E-state index contributed by atoms with van der Waals surface area (Å²) in [5.74, 6) is -0.0837. The van der Waals surface area contributed by atoms with Gasteiger partial charge in [-0.1, -0.05) is 29.8 Å². The van der Waals surface area contributed by atoms with E-state index in [1.54, 1.807) is 0 Å². The van der Waals surface area contributed by atoms with Crippen molar-refractivity contribution in [2.24, 2.45) is 0 Å². The molecule has 4 heteroatoms. The van der Waals surface area contributed by atoms with Gasteiger partial charge in [-0.15, -0.1) is 0 Å². The predicted molar refractivity (Wildman–Crippen MR) is 94.8 cm³/mol. The van der Waals surface area contributed by atoms with Gasteiger partial charge in [0.25, 0.3) is 0 Å². The van der Waals surface area contributed by atoms with Gasteiger partial charge in [-0.3, -0.25) is 4.79 Å². The third kappa shape index (κ3) is 3.29.